The molecule has 1 aliphatic rings. The van der Waals surface area contributed by atoms with E-state index in [1.165, 1.54) is 18.6 Å². The quantitative estimate of drug-likeness (QED) is 0.936. The SMILES string of the molecule is CC(C)Oc1cccc2c1nc(N)n2CC1(C)CCCS1. The number of hydrogen-bond acceptors (Lipinski definition) is 4. The summed E-state index contributed by atoms with van der Waals surface area (Å²) < 4.78 is 8.25. The molecule has 2 N–H and O–H groups in total. The van der Waals surface area contributed by atoms with E-state index in [9.17, 15) is 0 Å². The third kappa shape index (κ3) is 2.84. The maximum absolute atomic E-state index is 6.18. The second-order valence-electron chi connectivity index (χ2n) is 6.25. The Morgan fingerprint density at radius 3 is 2.95 bits per heavy atom. The predicted octanol–water partition coefficient (Wildman–Crippen LogP) is 3.69. The van der Waals surface area contributed by atoms with Crippen LogP contribution in [0.3, 0.4) is 0 Å². The van der Waals surface area contributed by atoms with Crippen molar-refractivity contribution in [3.63, 3.8) is 0 Å². The lowest BCUT2D eigenvalue weighted by Crippen LogP contribution is -2.24. The van der Waals surface area contributed by atoms with Gasteiger partial charge in [0.1, 0.15) is 11.3 Å². The molecule has 0 bridgehead atoms. The lowest BCUT2D eigenvalue weighted by atomic mass is 10.1. The van der Waals surface area contributed by atoms with E-state index < -0.39 is 0 Å². The van der Waals surface area contributed by atoms with E-state index in [4.69, 9.17) is 10.5 Å². The number of ether oxygens (including phenoxy) is 1. The van der Waals surface area contributed by atoms with Gasteiger partial charge in [0.2, 0.25) is 5.95 Å². The molecular weight excluding hydrogens is 282 g/mol. The zero-order valence-corrected chi connectivity index (χ0v) is 13.7. The molecule has 4 nitrogen and oxygen atoms in total. The van der Waals surface area contributed by atoms with E-state index in [-0.39, 0.29) is 10.9 Å². The standard InChI is InChI=1S/C16H23N3OS/c1-11(2)20-13-7-4-6-12-14(13)18-15(17)19(12)10-16(3)8-5-9-21-16/h4,6-7,11H,5,8-10H2,1-3H3,(H2,17,18). The van der Waals surface area contributed by atoms with Crippen molar-refractivity contribution in [2.75, 3.05) is 11.5 Å². The van der Waals surface area contributed by atoms with Crippen molar-refractivity contribution >= 4 is 28.7 Å². The first-order valence-electron chi connectivity index (χ1n) is 7.54. The molecule has 1 atom stereocenters. The Morgan fingerprint density at radius 2 is 2.29 bits per heavy atom. The number of anilines is 1. The Kier molecular flexibility index (Phi) is 3.78. The molecule has 21 heavy (non-hydrogen) atoms. The maximum atomic E-state index is 6.18. The first kappa shape index (κ1) is 14.6. The summed E-state index contributed by atoms with van der Waals surface area (Å²) in [5.41, 5.74) is 8.12. The van der Waals surface area contributed by atoms with Crippen LogP contribution in [0.1, 0.15) is 33.6 Å². The van der Waals surface area contributed by atoms with Crippen LogP contribution in [-0.4, -0.2) is 26.2 Å². The summed E-state index contributed by atoms with van der Waals surface area (Å²) >= 11 is 2.04. The summed E-state index contributed by atoms with van der Waals surface area (Å²) in [5, 5.41) is 0. The van der Waals surface area contributed by atoms with Gasteiger partial charge >= 0.3 is 0 Å². The predicted molar refractivity (Wildman–Crippen MR) is 90.0 cm³/mol. The summed E-state index contributed by atoms with van der Waals surface area (Å²) in [4.78, 5) is 4.55. The molecule has 0 radical (unpaired) electrons. The fourth-order valence-corrected chi connectivity index (χ4v) is 4.24. The number of nitrogens with zero attached hydrogens (tertiary/aromatic N) is 2. The Hall–Kier alpha value is -1.36. The van der Waals surface area contributed by atoms with Crippen LogP contribution in [0.5, 0.6) is 5.75 Å². The Labute approximate surface area is 130 Å². The van der Waals surface area contributed by atoms with Crippen molar-refractivity contribution in [3.05, 3.63) is 18.2 Å². The van der Waals surface area contributed by atoms with Gasteiger partial charge in [0.25, 0.3) is 0 Å². The second kappa shape index (κ2) is 5.44. The molecule has 1 saturated heterocycles. The van der Waals surface area contributed by atoms with Gasteiger partial charge in [-0.25, -0.2) is 4.98 Å². The minimum Gasteiger partial charge on any atom is -0.489 e. The van der Waals surface area contributed by atoms with Crippen molar-refractivity contribution in [2.45, 2.75) is 51.0 Å². The number of imidazole rings is 1. The maximum Gasteiger partial charge on any atom is 0.201 e. The minimum atomic E-state index is 0.130. The molecule has 1 aromatic carbocycles. The van der Waals surface area contributed by atoms with Crippen LogP contribution in [0.2, 0.25) is 0 Å². The number of aromatic nitrogens is 2. The van der Waals surface area contributed by atoms with Crippen LogP contribution in [0.15, 0.2) is 18.2 Å². The molecule has 1 fully saturated rings. The number of rotatable bonds is 4. The molecule has 114 valence electrons. The van der Waals surface area contributed by atoms with Gasteiger partial charge in [-0.1, -0.05) is 6.07 Å². The summed E-state index contributed by atoms with van der Waals surface area (Å²) in [6.45, 7) is 7.28. The van der Waals surface area contributed by atoms with Crippen LogP contribution < -0.4 is 10.5 Å². The monoisotopic (exact) mass is 305 g/mol. The van der Waals surface area contributed by atoms with Crippen LogP contribution in [-0.2, 0) is 6.54 Å². The van der Waals surface area contributed by atoms with Gasteiger partial charge in [0.15, 0.2) is 0 Å². The molecule has 5 heteroatoms. The minimum absolute atomic E-state index is 0.130. The number of nitrogens with two attached hydrogens (primary N) is 1. The van der Waals surface area contributed by atoms with E-state index in [0.717, 1.165) is 23.3 Å². The number of thioether (sulfide) groups is 1. The molecule has 2 heterocycles. The van der Waals surface area contributed by atoms with E-state index in [0.29, 0.717) is 5.95 Å². The van der Waals surface area contributed by atoms with E-state index in [1.54, 1.807) is 0 Å². The van der Waals surface area contributed by atoms with Gasteiger partial charge in [0, 0.05) is 11.3 Å². The highest BCUT2D eigenvalue weighted by molar-refractivity contribution is 8.00. The van der Waals surface area contributed by atoms with E-state index in [1.807, 2.05) is 37.7 Å². The molecule has 0 spiro atoms. The van der Waals surface area contributed by atoms with E-state index >= 15 is 0 Å². The van der Waals surface area contributed by atoms with Crippen molar-refractivity contribution in [1.29, 1.82) is 0 Å². The lowest BCUT2D eigenvalue weighted by Gasteiger charge is -2.24. The average Bonchev–Trinajstić information content (AvgIpc) is 2.96. The molecule has 1 aliphatic heterocycles. The van der Waals surface area contributed by atoms with Crippen LogP contribution in [0, 0.1) is 0 Å². The summed E-state index contributed by atoms with van der Waals surface area (Å²) in [5.74, 6) is 2.64. The highest BCUT2D eigenvalue weighted by Gasteiger charge is 2.31. The summed E-state index contributed by atoms with van der Waals surface area (Å²) in [6, 6.07) is 6.06. The molecular formula is C16H23N3OS. The van der Waals surface area contributed by atoms with Gasteiger partial charge in [-0.05, 0) is 51.5 Å². The van der Waals surface area contributed by atoms with Crippen molar-refractivity contribution in [3.8, 4) is 5.75 Å². The first-order chi connectivity index (χ1) is 9.98. The lowest BCUT2D eigenvalue weighted by molar-refractivity contribution is 0.245. The molecule has 0 saturated carbocycles. The number of fused-ring (bicyclic) bond motifs is 1. The number of para-hydroxylation sites is 1. The molecule has 3 rings (SSSR count). The normalized spacial score (nSPS) is 22.3. The summed E-state index contributed by atoms with van der Waals surface area (Å²) in [7, 11) is 0. The van der Waals surface area contributed by atoms with Crippen molar-refractivity contribution in [2.24, 2.45) is 0 Å². The van der Waals surface area contributed by atoms with Crippen LogP contribution in [0.25, 0.3) is 11.0 Å². The number of hydrogen-bond donors (Lipinski definition) is 1. The topological polar surface area (TPSA) is 53.1 Å². The molecule has 0 amide bonds. The third-order valence-electron chi connectivity index (χ3n) is 3.93. The second-order valence-corrected chi connectivity index (χ2v) is 7.93. The molecule has 0 aliphatic carbocycles. The average molecular weight is 305 g/mol. The van der Waals surface area contributed by atoms with E-state index in [2.05, 4.69) is 22.5 Å². The van der Waals surface area contributed by atoms with Crippen molar-refractivity contribution < 1.29 is 4.74 Å². The highest BCUT2D eigenvalue weighted by atomic mass is 32.2. The van der Waals surface area contributed by atoms with Crippen LogP contribution >= 0.6 is 11.8 Å². The zero-order chi connectivity index (χ0) is 15.0. The largest absolute Gasteiger partial charge is 0.489 e. The Morgan fingerprint density at radius 1 is 1.48 bits per heavy atom. The van der Waals surface area contributed by atoms with Gasteiger partial charge in [-0.3, -0.25) is 0 Å². The third-order valence-corrected chi connectivity index (χ3v) is 5.45. The fourth-order valence-electron chi connectivity index (χ4n) is 2.95. The fraction of sp³-hybridized carbons (Fsp3) is 0.562. The number of benzene rings is 1. The molecule has 1 aromatic heterocycles. The zero-order valence-electron chi connectivity index (χ0n) is 12.9. The Bertz CT molecular complexity index is 644. The number of nitrogen functional groups attached to an aromatic ring is 1. The van der Waals surface area contributed by atoms with Gasteiger partial charge in [-0.15, -0.1) is 0 Å². The summed E-state index contributed by atoms with van der Waals surface area (Å²) in [6.07, 6.45) is 2.65. The van der Waals surface area contributed by atoms with Crippen molar-refractivity contribution in [1.82, 2.24) is 9.55 Å². The molecule has 1 unspecified atom stereocenters. The highest BCUT2D eigenvalue weighted by Crippen LogP contribution is 2.40. The van der Waals surface area contributed by atoms with Gasteiger partial charge < -0.3 is 15.0 Å². The first-order valence-corrected chi connectivity index (χ1v) is 8.52. The van der Waals surface area contributed by atoms with Gasteiger partial charge in [-0.2, -0.15) is 11.8 Å². The molecule has 2 aromatic rings. The van der Waals surface area contributed by atoms with Gasteiger partial charge in [0.05, 0.1) is 11.6 Å². The smallest absolute Gasteiger partial charge is 0.201 e. The van der Waals surface area contributed by atoms with Crippen LogP contribution in [0.4, 0.5) is 5.95 Å². The Balaban J connectivity index is 2.01.